The van der Waals surface area contributed by atoms with Crippen molar-refractivity contribution < 1.29 is 9.53 Å². The topological polar surface area (TPSA) is 86.4 Å². The van der Waals surface area contributed by atoms with Gasteiger partial charge in [-0.25, -0.2) is 4.98 Å². The number of aryl methyl sites for hydroxylation is 4. The van der Waals surface area contributed by atoms with Crippen molar-refractivity contribution in [1.29, 1.82) is 0 Å². The van der Waals surface area contributed by atoms with Crippen LogP contribution >= 0.6 is 34.4 Å². The number of nitroso groups, excluding NO2 is 1. The second-order valence-electron chi connectivity index (χ2n) is 11.1. The molecule has 5 rings (SSSR count). The molecular formula is C35H51IN4O3S. The Hall–Kier alpha value is -2.45. The first-order valence-electron chi connectivity index (χ1n) is 15.4. The van der Waals surface area contributed by atoms with Crippen LogP contribution in [0.15, 0.2) is 29.4 Å². The number of nitrogens with zero attached hydrogens (tertiary/aromatic N) is 4. The van der Waals surface area contributed by atoms with Crippen LogP contribution in [-0.2, 0) is 11.8 Å². The molecule has 2 aliphatic rings. The van der Waals surface area contributed by atoms with E-state index in [-0.39, 0.29) is 5.78 Å². The number of rotatable bonds is 4. The van der Waals surface area contributed by atoms with Gasteiger partial charge in [-0.05, 0) is 147 Å². The number of hydrogen-bond donors (Lipinski definition) is 0. The lowest BCUT2D eigenvalue weighted by atomic mass is 10.0. The van der Waals surface area contributed by atoms with Crippen molar-refractivity contribution in [1.82, 2.24) is 14.8 Å². The summed E-state index contributed by atoms with van der Waals surface area (Å²) >= 11 is 4.55. The number of carbonyl (C=O) groups excluding carboxylic acids is 1. The third-order valence-electron chi connectivity index (χ3n) is 6.94. The SMILES string of the molecule is CC#CC(=O)CCC.CN=O.COc1nn(C)c2ccc(C)nc12.C[C@H]1CCCCSC1.Cc1cc(C)c(C2CC2)cc1I. The van der Waals surface area contributed by atoms with Gasteiger partial charge in [0.2, 0.25) is 5.78 Å². The van der Waals surface area contributed by atoms with Crippen molar-refractivity contribution in [2.24, 2.45) is 18.1 Å². The number of carbonyl (C=O) groups is 1. The van der Waals surface area contributed by atoms with Crippen molar-refractivity contribution in [3.63, 3.8) is 0 Å². The second kappa shape index (κ2) is 22.1. The molecule has 3 aromatic rings. The molecule has 242 valence electrons. The van der Waals surface area contributed by atoms with Gasteiger partial charge < -0.3 is 4.74 Å². The molecule has 9 heteroatoms. The van der Waals surface area contributed by atoms with Crippen LogP contribution in [-0.4, -0.2) is 46.2 Å². The zero-order valence-electron chi connectivity index (χ0n) is 28.1. The minimum atomic E-state index is 0.0509. The van der Waals surface area contributed by atoms with E-state index in [1.54, 1.807) is 24.3 Å². The molecule has 2 fully saturated rings. The van der Waals surface area contributed by atoms with Gasteiger partial charge in [-0.15, -0.1) is 5.10 Å². The average molecular weight is 735 g/mol. The maximum absolute atomic E-state index is 10.5. The van der Waals surface area contributed by atoms with Crippen molar-refractivity contribution >= 4 is 51.2 Å². The van der Waals surface area contributed by atoms with Gasteiger partial charge in [-0.2, -0.15) is 16.7 Å². The Morgan fingerprint density at radius 2 is 1.84 bits per heavy atom. The number of pyridine rings is 1. The highest BCUT2D eigenvalue weighted by molar-refractivity contribution is 14.1. The summed E-state index contributed by atoms with van der Waals surface area (Å²) in [7, 11) is 4.67. The first kappa shape index (κ1) is 39.6. The third kappa shape index (κ3) is 15.0. The molecule has 0 unspecified atom stereocenters. The summed E-state index contributed by atoms with van der Waals surface area (Å²) in [4.78, 5) is 23.4. The van der Waals surface area contributed by atoms with Gasteiger partial charge in [0.1, 0.15) is 0 Å². The van der Waals surface area contributed by atoms with Crippen LogP contribution in [0.2, 0.25) is 0 Å². The number of hydrogen-bond acceptors (Lipinski definition) is 7. The predicted molar refractivity (Wildman–Crippen MR) is 196 cm³/mol. The maximum atomic E-state index is 10.5. The molecule has 0 bridgehead atoms. The molecule has 1 saturated carbocycles. The van der Waals surface area contributed by atoms with Gasteiger partial charge in [-0.3, -0.25) is 9.48 Å². The Morgan fingerprint density at radius 3 is 2.43 bits per heavy atom. The molecule has 0 N–H and O–H groups in total. The molecule has 1 aliphatic heterocycles. The molecule has 3 heterocycles. The van der Waals surface area contributed by atoms with Crippen molar-refractivity contribution in [3.05, 3.63) is 55.1 Å². The van der Waals surface area contributed by atoms with E-state index in [1.807, 2.05) is 33.0 Å². The summed E-state index contributed by atoms with van der Waals surface area (Å²) in [5.41, 5.74) is 7.27. The number of thioether (sulfide) groups is 1. The van der Waals surface area contributed by atoms with Crippen molar-refractivity contribution in [2.45, 2.75) is 92.4 Å². The number of ether oxygens (including phenoxy) is 1. The first-order chi connectivity index (χ1) is 21.0. The highest BCUT2D eigenvalue weighted by Crippen LogP contribution is 2.42. The molecule has 1 aliphatic carbocycles. The zero-order chi connectivity index (χ0) is 33.1. The predicted octanol–water partition coefficient (Wildman–Crippen LogP) is 9.37. The number of methoxy groups -OCH3 is 1. The minimum absolute atomic E-state index is 0.0509. The van der Waals surface area contributed by atoms with Gasteiger partial charge in [0.05, 0.1) is 19.7 Å². The summed E-state index contributed by atoms with van der Waals surface area (Å²) in [5, 5.41) is 6.43. The smallest absolute Gasteiger partial charge is 0.259 e. The highest BCUT2D eigenvalue weighted by atomic mass is 127. The molecule has 7 nitrogen and oxygen atoms in total. The van der Waals surface area contributed by atoms with Crippen molar-refractivity contribution in [3.8, 4) is 17.7 Å². The minimum Gasteiger partial charge on any atom is -0.478 e. The first-order valence-corrected chi connectivity index (χ1v) is 17.6. The normalized spacial score (nSPS) is 15.1. The average Bonchev–Trinajstić information content (AvgIpc) is 3.80. The number of Topliss-reactive ketones (excluding diaryl/α,β-unsaturated/α-hetero) is 1. The lowest BCUT2D eigenvalue weighted by Crippen LogP contribution is -1.93. The van der Waals surface area contributed by atoms with Crippen LogP contribution in [0.5, 0.6) is 5.88 Å². The number of fused-ring (bicyclic) bond motifs is 1. The lowest BCUT2D eigenvalue weighted by molar-refractivity contribution is -0.113. The molecule has 0 spiro atoms. The summed E-state index contributed by atoms with van der Waals surface area (Å²) < 4.78 is 8.29. The summed E-state index contributed by atoms with van der Waals surface area (Å²) in [5.74, 6) is 10.3. The number of aromatic nitrogens is 3. The van der Waals surface area contributed by atoms with E-state index in [9.17, 15) is 4.79 Å². The number of halogens is 1. The van der Waals surface area contributed by atoms with Crippen LogP contribution in [0.4, 0.5) is 0 Å². The fraction of sp³-hybridized carbons (Fsp3) is 0.571. The third-order valence-corrected chi connectivity index (χ3v) is 9.49. The number of benzene rings is 1. The molecule has 0 radical (unpaired) electrons. The van der Waals surface area contributed by atoms with E-state index < -0.39 is 0 Å². The molecule has 44 heavy (non-hydrogen) atoms. The van der Waals surface area contributed by atoms with Crippen LogP contribution in [0, 0.1) is 47.0 Å². The van der Waals surface area contributed by atoms with Crippen LogP contribution < -0.4 is 4.74 Å². The van der Waals surface area contributed by atoms with Crippen LogP contribution in [0.1, 0.15) is 94.0 Å². The molecular weight excluding hydrogens is 683 g/mol. The Labute approximate surface area is 283 Å². The Morgan fingerprint density at radius 1 is 1.16 bits per heavy atom. The van der Waals surface area contributed by atoms with E-state index in [2.05, 4.69) is 94.4 Å². The Kier molecular flexibility index (Phi) is 19.9. The molecule has 2 aromatic heterocycles. The summed E-state index contributed by atoms with van der Waals surface area (Å²) in [6, 6.07) is 8.63. The molecule has 1 aromatic carbocycles. The second-order valence-corrected chi connectivity index (χ2v) is 13.4. The van der Waals surface area contributed by atoms with E-state index in [0.717, 1.165) is 35.0 Å². The molecule has 1 atom stereocenters. The quantitative estimate of drug-likeness (QED) is 0.115. The van der Waals surface area contributed by atoms with Crippen LogP contribution in [0.25, 0.3) is 11.0 Å². The van der Waals surface area contributed by atoms with Gasteiger partial charge in [0, 0.05) is 22.7 Å². The molecule has 0 amide bonds. The van der Waals surface area contributed by atoms with Gasteiger partial charge in [0.25, 0.3) is 5.88 Å². The highest BCUT2D eigenvalue weighted by Gasteiger charge is 2.25. The fourth-order valence-electron chi connectivity index (χ4n) is 4.51. The largest absolute Gasteiger partial charge is 0.478 e. The monoisotopic (exact) mass is 734 g/mol. The molecule has 1 saturated heterocycles. The maximum Gasteiger partial charge on any atom is 0.259 e. The lowest BCUT2D eigenvalue weighted by Gasteiger charge is -2.07. The van der Waals surface area contributed by atoms with E-state index in [1.165, 1.54) is 65.4 Å². The Bertz CT molecular complexity index is 1370. The van der Waals surface area contributed by atoms with E-state index in [4.69, 9.17) is 9.64 Å². The number of ketones is 1. The summed E-state index contributed by atoms with van der Waals surface area (Å²) in [6.45, 7) is 12.4. The van der Waals surface area contributed by atoms with Crippen LogP contribution in [0.3, 0.4) is 0 Å². The van der Waals surface area contributed by atoms with Gasteiger partial charge in [0.15, 0.2) is 5.52 Å². The van der Waals surface area contributed by atoms with E-state index in [0.29, 0.717) is 12.3 Å². The zero-order valence-corrected chi connectivity index (χ0v) is 31.1. The Balaban J connectivity index is 0.000000291. The standard InChI is InChI=1S/C11H13I.C9H11N3O.C7H10O.C7H14S.CH3NO/c1-7-5-8(2)11(12)6-10(7)9-3-4-9;1-6-4-5-7-8(10-6)9(13-3)11-12(7)2;1-3-5-7(8)6-4-2;1-7-4-2-3-5-8-6-7;1-2-3/h5-6,9H,3-4H2,1-2H3;4-5H,1-3H3;3,5H2,1-2H3;7H,2-6H2,1H3;1H3/t;;;7-;/m...0./s1. The summed E-state index contributed by atoms with van der Waals surface area (Å²) in [6.07, 6.45) is 8.69. The van der Waals surface area contributed by atoms with Gasteiger partial charge in [-0.1, -0.05) is 37.4 Å². The van der Waals surface area contributed by atoms with Gasteiger partial charge >= 0.3 is 0 Å². The van der Waals surface area contributed by atoms with Crippen molar-refractivity contribution in [2.75, 3.05) is 25.7 Å². The van der Waals surface area contributed by atoms with E-state index >= 15 is 0 Å². The fourth-order valence-corrected chi connectivity index (χ4v) is 6.15.